The Balaban J connectivity index is 2.43. The molecule has 0 aliphatic heterocycles. The van der Waals surface area contributed by atoms with Gasteiger partial charge in [0.15, 0.2) is 0 Å². The van der Waals surface area contributed by atoms with Gasteiger partial charge in [0.25, 0.3) is 0 Å². The minimum atomic E-state index is -1.05. The van der Waals surface area contributed by atoms with E-state index in [9.17, 15) is 19.2 Å². The topological polar surface area (TPSA) is 122 Å². The highest BCUT2D eigenvalue weighted by molar-refractivity contribution is 14.1. The van der Waals surface area contributed by atoms with Gasteiger partial charge in [0, 0.05) is 21.0 Å². The van der Waals surface area contributed by atoms with E-state index in [1.807, 2.05) is 45.2 Å². The molecule has 0 saturated carbocycles. The van der Waals surface area contributed by atoms with Crippen LogP contribution in [0.3, 0.4) is 0 Å². The smallest absolute Gasteiger partial charge is 0.341 e. The Hall–Kier alpha value is -1.49. The summed E-state index contributed by atoms with van der Waals surface area (Å²) >= 11 is 6.09. The van der Waals surface area contributed by atoms with E-state index in [-0.39, 0.29) is 29.3 Å². The molecule has 2 amide bonds. The van der Waals surface area contributed by atoms with E-state index in [0.29, 0.717) is 18.4 Å². The first-order chi connectivity index (χ1) is 14.0. The fraction of sp³-hybridized carbons (Fsp3) is 0.158. The molecule has 0 spiro atoms. The highest BCUT2D eigenvalue weighted by Gasteiger charge is 2.27. The fourth-order valence-electron chi connectivity index (χ4n) is 2.41. The standard InChI is InChI=1S/C19H15I3N2O6/c1-8(25)23-16-12(13(20)14(21)15(22)17(16)24-9(2)26)19(29)30-7-10-3-5-11(6-4-10)18(27)28/h3-6H,7H2,1-2H3,(H,23,25)(H,24,26)(H,27,28). The molecule has 2 rings (SSSR count). The van der Waals surface area contributed by atoms with Crippen molar-refractivity contribution in [2.24, 2.45) is 0 Å². The quantitative estimate of drug-likeness (QED) is 0.228. The molecule has 2 aromatic carbocycles. The molecule has 0 aliphatic carbocycles. The molecule has 0 fully saturated rings. The number of nitrogens with one attached hydrogen (secondary N) is 2. The van der Waals surface area contributed by atoms with Gasteiger partial charge in [-0.3, -0.25) is 9.59 Å². The second-order valence-corrected chi connectivity index (χ2v) is 9.24. The molecule has 0 aromatic heterocycles. The van der Waals surface area contributed by atoms with Crippen molar-refractivity contribution in [1.82, 2.24) is 0 Å². The number of rotatable bonds is 6. The van der Waals surface area contributed by atoms with Crippen molar-refractivity contribution in [3.8, 4) is 0 Å². The third-order valence-corrected chi connectivity index (χ3v) is 9.00. The average Bonchev–Trinajstić information content (AvgIpc) is 2.67. The van der Waals surface area contributed by atoms with Crippen molar-refractivity contribution in [3.63, 3.8) is 0 Å². The van der Waals surface area contributed by atoms with Crippen LogP contribution < -0.4 is 10.6 Å². The number of benzene rings is 2. The molecule has 3 N–H and O–H groups in total. The normalized spacial score (nSPS) is 10.3. The van der Waals surface area contributed by atoms with E-state index >= 15 is 0 Å². The van der Waals surface area contributed by atoms with E-state index in [1.54, 1.807) is 12.1 Å². The average molecular weight is 748 g/mol. The Labute approximate surface area is 212 Å². The second-order valence-electron chi connectivity index (χ2n) is 6.01. The minimum Gasteiger partial charge on any atom is -0.478 e. The van der Waals surface area contributed by atoms with Gasteiger partial charge in [0.2, 0.25) is 11.8 Å². The van der Waals surface area contributed by atoms with E-state index in [0.717, 1.165) is 3.57 Å². The van der Waals surface area contributed by atoms with E-state index in [2.05, 4.69) is 33.2 Å². The second kappa shape index (κ2) is 10.7. The van der Waals surface area contributed by atoms with Crippen molar-refractivity contribution in [3.05, 3.63) is 51.7 Å². The number of halogens is 3. The monoisotopic (exact) mass is 748 g/mol. The molecule has 2 aromatic rings. The Bertz CT molecular complexity index is 1040. The number of hydrogen-bond acceptors (Lipinski definition) is 5. The van der Waals surface area contributed by atoms with Gasteiger partial charge >= 0.3 is 11.9 Å². The number of amides is 2. The number of ether oxygens (including phenoxy) is 1. The molecular formula is C19H15I3N2O6. The lowest BCUT2D eigenvalue weighted by molar-refractivity contribution is -0.115. The van der Waals surface area contributed by atoms with Crippen molar-refractivity contribution in [1.29, 1.82) is 0 Å². The number of anilines is 2. The number of esters is 1. The maximum Gasteiger partial charge on any atom is 0.341 e. The largest absolute Gasteiger partial charge is 0.478 e. The van der Waals surface area contributed by atoms with E-state index in [4.69, 9.17) is 9.84 Å². The first-order valence-electron chi connectivity index (χ1n) is 8.27. The van der Waals surface area contributed by atoms with Gasteiger partial charge in [0.1, 0.15) is 6.61 Å². The molecule has 0 bridgehead atoms. The summed E-state index contributed by atoms with van der Waals surface area (Å²) in [6.45, 7) is 2.54. The van der Waals surface area contributed by atoms with Crippen LogP contribution in [0, 0.1) is 10.7 Å². The first-order valence-corrected chi connectivity index (χ1v) is 11.5. The Morgan fingerprint density at radius 2 is 1.40 bits per heavy atom. The molecule has 158 valence electrons. The molecule has 11 heteroatoms. The molecule has 0 aliphatic rings. The molecule has 8 nitrogen and oxygen atoms in total. The van der Waals surface area contributed by atoms with Crippen LogP contribution in [0.15, 0.2) is 24.3 Å². The van der Waals surface area contributed by atoms with Crippen LogP contribution in [0.4, 0.5) is 11.4 Å². The molecule has 30 heavy (non-hydrogen) atoms. The lowest BCUT2D eigenvalue weighted by atomic mass is 10.1. The van der Waals surface area contributed by atoms with Gasteiger partial charge in [-0.15, -0.1) is 0 Å². The van der Waals surface area contributed by atoms with Crippen LogP contribution in [-0.4, -0.2) is 28.9 Å². The minimum absolute atomic E-state index is 0.0909. The zero-order valence-electron chi connectivity index (χ0n) is 15.6. The van der Waals surface area contributed by atoms with Gasteiger partial charge in [-0.25, -0.2) is 9.59 Å². The Morgan fingerprint density at radius 1 is 0.867 bits per heavy atom. The molecule has 0 heterocycles. The van der Waals surface area contributed by atoms with Gasteiger partial charge < -0.3 is 20.5 Å². The maximum absolute atomic E-state index is 12.9. The van der Waals surface area contributed by atoms with Gasteiger partial charge in [-0.05, 0) is 85.5 Å². The number of hydrogen-bond donors (Lipinski definition) is 3. The van der Waals surface area contributed by atoms with Crippen molar-refractivity contribution < 1.29 is 29.0 Å². The van der Waals surface area contributed by atoms with Gasteiger partial charge in [-0.1, -0.05) is 12.1 Å². The first kappa shape index (κ1) is 24.8. The molecule has 0 radical (unpaired) electrons. The van der Waals surface area contributed by atoms with Crippen LogP contribution >= 0.6 is 67.8 Å². The Morgan fingerprint density at radius 3 is 1.90 bits per heavy atom. The number of carbonyl (C=O) groups is 4. The third-order valence-electron chi connectivity index (χ3n) is 3.70. The number of aromatic carboxylic acids is 1. The summed E-state index contributed by atoms with van der Waals surface area (Å²) in [4.78, 5) is 47.3. The zero-order chi connectivity index (χ0) is 22.6. The van der Waals surface area contributed by atoms with Crippen molar-refractivity contribution >= 4 is 103 Å². The summed E-state index contributed by atoms with van der Waals surface area (Å²) < 4.78 is 7.39. The van der Waals surface area contributed by atoms with Crippen molar-refractivity contribution in [2.45, 2.75) is 20.5 Å². The highest BCUT2D eigenvalue weighted by Crippen LogP contribution is 2.39. The van der Waals surface area contributed by atoms with E-state index in [1.165, 1.54) is 26.0 Å². The summed E-state index contributed by atoms with van der Waals surface area (Å²) in [5.74, 6) is -2.50. The number of carbonyl (C=O) groups excluding carboxylic acids is 3. The summed E-state index contributed by atoms with van der Waals surface area (Å²) in [7, 11) is 0. The predicted octanol–water partition coefficient (Wildman–Crippen LogP) is 4.47. The molecular weight excluding hydrogens is 733 g/mol. The summed E-state index contributed by atoms with van der Waals surface area (Å²) in [6.07, 6.45) is 0. The van der Waals surface area contributed by atoms with Crippen molar-refractivity contribution in [2.75, 3.05) is 10.6 Å². The lowest BCUT2D eigenvalue weighted by Crippen LogP contribution is -2.20. The van der Waals surface area contributed by atoms with E-state index < -0.39 is 17.8 Å². The zero-order valence-corrected chi connectivity index (χ0v) is 22.1. The number of carboxylic acids is 1. The van der Waals surface area contributed by atoms with Gasteiger partial charge in [-0.2, -0.15) is 0 Å². The third kappa shape index (κ3) is 6.03. The summed E-state index contributed by atoms with van der Waals surface area (Å²) in [5, 5.41) is 14.3. The highest BCUT2D eigenvalue weighted by atomic mass is 127. The van der Waals surface area contributed by atoms with Crippen LogP contribution in [0.5, 0.6) is 0 Å². The predicted molar refractivity (Wildman–Crippen MR) is 136 cm³/mol. The molecule has 0 atom stereocenters. The van der Waals surface area contributed by atoms with Crippen LogP contribution in [0.1, 0.15) is 40.1 Å². The summed E-state index contributed by atoms with van der Waals surface area (Å²) in [6, 6.07) is 5.94. The summed E-state index contributed by atoms with van der Waals surface area (Å²) in [5.41, 5.74) is 1.34. The lowest BCUT2D eigenvalue weighted by Gasteiger charge is -2.20. The fourth-order valence-corrected chi connectivity index (χ4v) is 4.90. The molecule has 0 unspecified atom stereocenters. The van der Waals surface area contributed by atoms with Gasteiger partial charge in [0.05, 0.1) is 26.1 Å². The maximum atomic E-state index is 12.9. The SMILES string of the molecule is CC(=O)Nc1c(I)c(I)c(I)c(C(=O)OCc2ccc(C(=O)O)cc2)c1NC(C)=O. The van der Waals surface area contributed by atoms with Crippen LogP contribution in [0.2, 0.25) is 0 Å². The molecule has 0 saturated heterocycles. The Kier molecular flexibility index (Phi) is 8.84. The number of carboxylic acid groups (broad SMARTS) is 1. The van der Waals surface area contributed by atoms with Crippen LogP contribution in [0.25, 0.3) is 0 Å². The van der Waals surface area contributed by atoms with Crippen LogP contribution in [-0.2, 0) is 20.9 Å².